The van der Waals surface area contributed by atoms with Gasteiger partial charge in [-0.1, -0.05) is 6.07 Å². The minimum atomic E-state index is 0.0641. The third kappa shape index (κ3) is 2.68. The molecule has 1 fully saturated rings. The van der Waals surface area contributed by atoms with Gasteiger partial charge in [-0.05, 0) is 34.5 Å². The van der Waals surface area contributed by atoms with Gasteiger partial charge < -0.3 is 10.2 Å². The summed E-state index contributed by atoms with van der Waals surface area (Å²) in [5, 5.41) is 2.84. The molecule has 15 heavy (non-hydrogen) atoms. The molecule has 0 atom stereocenters. The molecule has 1 amide bonds. The van der Waals surface area contributed by atoms with Gasteiger partial charge in [0.15, 0.2) is 0 Å². The Balaban J connectivity index is 2.18. The molecular weight excluding hydrogens is 258 g/mol. The minimum Gasteiger partial charge on any atom is -0.354 e. The van der Waals surface area contributed by atoms with Crippen molar-refractivity contribution in [2.24, 2.45) is 0 Å². The van der Waals surface area contributed by atoms with Gasteiger partial charge in [0, 0.05) is 13.1 Å². The first-order valence-corrected chi connectivity index (χ1v) is 5.69. The lowest BCUT2D eigenvalue weighted by Crippen LogP contribution is -2.33. The van der Waals surface area contributed by atoms with Gasteiger partial charge in [0.25, 0.3) is 0 Å². The fourth-order valence-electron chi connectivity index (χ4n) is 1.58. The van der Waals surface area contributed by atoms with E-state index in [-0.39, 0.29) is 5.91 Å². The van der Waals surface area contributed by atoms with Crippen molar-refractivity contribution in [3.05, 3.63) is 22.8 Å². The molecule has 2 heterocycles. The summed E-state index contributed by atoms with van der Waals surface area (Å²) in [6, 6.07) is 5.72. The lowest BCUT2D eigenvalue weighted by Gasteiger charge is -2.19. The van der Waals surface area contributed by atoms with Crippen LogP contribution in [0.3, 0.4) is 0 Å². The normalized spacial score (nSPS) is 17.1. The zero-order valence-corrected chi connectivity index (χ0v) is 9.83. The molecule has 1 saturated heterocycles. The molecule has 4 nitrogen and oxygen atoms in total. The number of pyridine rings is 1. The molecule has 1 aromatic heterocycles. The number of nitrogens with zero attached hydrogens (tertiary/aromatic N) is 2. The number of aromatic nitrogens is 1. The topological polar surface area (TPSA) is 45.2 Å². The Kier molecular flexibility index (Phi) is 3.20. The maximum Gasteiger partial charge on any atom is 0.239 e. The van der Waals surface area contributed by atoms with Crippen LogP contribution in [0.4, 0.5) is 5.82 Å². The van der Waals surface area contributed by atoms with E-state index in [2.05, 4.69) is 26.2 Å². The molecule has 1 aliphatic heterocycles. The van der Waals surface area contributed by atoms with E-state index in [1.807, 2.05) is 23.1 Å². The first-order valence-electron chi connectivity index (χ1n) is 4.90. The summed E-state index contributed by atoms with van der Waals surface area (Å²) in [4.78, 5) is 17.7. The highest BCUT2D eigenvalue weighted by molar-refractivity contribution is 9.10. The Labute approximate surface area is 96.8 Å². The van der Waals surface area contributed by atoms with E-state index < -0.39 is 0 Å². The highest BCUT2D eigenvalue weighted by atomic mass is 79.9. The van der Waals surface area contributed by atoms with Crippen LogP contribution in [0.2, 0.25) is 0 Å². The molecule has 0 saturated carbocycles. The molecule has 1 N–H and O–H groups in total. The molecule has 80 valence electrons. The van der Waals surface area contributed by atoms with Crippen molar-refractivity contribution in [2.45, 2.75) is 6.42 Å². The third-order valence-corrected chi connectivity index (χ3v) is 2.73. The Morgan fingerprint density at radius 1 is 1.47 bits per heavy atom. The Morgan fingerprint density at radius 2 is 2.33 bits per heavy atom. The molecule has 0 aromatic carbocycles. The first-order chi connectivity index (χ1) is 7.25. The molecule has 0 unspecified atom stereocenters. The number of nitrogens with one attached hydrogen (secondary N) is 1. The van der Waals surface area contributed by atoms with Gasteiger partial charge in [-0.2, -0.15) is 0 Å². The summed E-state index contributed by atoms with van der Waals surface area (Å²) in [6.45, 7) is 2.01. The van der Waals surface area contributed by atoms with E-state index in [1.165, 1.54) is 0 Å². The van der Waals surface area contributed by atoms with Gasteiger partial charge in [0.05, 0.1) is 6.54 Å². The van der Waals surface area contributed by atoms with Crippen molar-refractivity contribution in [2.75, 3.05) is 24.5 Å². The summed E-state index contributed by atoms with van der Waals surface area (Å²) in [7, 11) is 0. The highest BCUT2D eigenvalue weighted by Crippen LogP contribution is 2.15. The molecule has 0 aliphatic carbocycles. The van der Waals surface area contributed by atoms with Crippen LogP contribution in [0.5, 0.6) is 0 Å². The quantitative estimate of drug-likeness (QED) is 0.779. The predicted molar refractivity (Wildman–Crippen MR) is 61.8 cm³/mol. The largest absolute Gasteiger partial charge is 0.354 e. The van der Waals surface area contributed by atoms with Gasteiger partial charge in [0.1, 0.15) is 10.4 Å². The maximum atomic E-state index is 11.4. The minimum absolute atomic E-state index is 0.0641. The Hall–Kier alpha value is -1.10. The lowest BCUT2D eigenvalue weighted by atomic mass is 10.3. The third-order valence-electron chi connectivity index (χ3n) is 2.29. The lowest BCUT2D eigenvalue weighted by molar-refractivity contribution is -0.119. The molecule has 2 rings (SSSR count). The Morgan fingerprint density at radius 3 is 3.13 bits per heavy atom. The standard InChI is InChI=1S/C10H12BrN3O/c11-8-3-1-4-9(13-8)14-6-2-5-12-10(15)7-14/h1,3-4H,2,5-7H2,(H,12,15). The SMILES string of the molecule is O=C1CN(c2cccc(Br)n2)CCCN1. The van der Waals surface area contributed by atoms with Gasteiger partial charge in [-0.25, -0.2) is 4.98 Å². The van der Waals surface area contributed by atoms with Crippen molar-refractivity contribution < 1.29 is 4.79 Å². The van der Waals surface area contributed by atoms with Crippen molar-refractivity contribution in [3.63, 3.8) is 0 Å². The molecular formula is C10H12BrN3O. The highest BCUT2D eigenvalue weighted by Gasteiger charge is 2.15. The van der Waals surface area contributed by atoms with Crippen molar-refractivity contribution >= 4 is 27.7 Å². The van der Waals surface area contributed by atoms with E-state index in [9.17, 15) is 4.79 Å². The summed E-state index contributed by atoms with van der Waals surface area (Å²) in [5.41, 5.74) is 0. The van der Waals surface area contributed by atoms with Crippen LogP contribution in [-0.4, -0.2) is 30.5 Å². The van der Waals surface area contributed by atoms with Crippen LogP contribution in [0.25, 0.3) is 0 Å². The van der Waals surface area contributed by atoms with Crippen molar-refractivity contribution in [3.8, 4) is 0 Å². The van der Waals surface area contributed by atoms with E-state index in [0.717, 1.165) is 29.9 Å². The summed E-state index contributed by atoms with van der Waals surface area (Å²) < 4.78 is 0.796. The number of halogens is 1. The maximum absolute atomic E-state index is 11.4. The summed E-state index contributed by atoms with van der Waals surface area (Å²) >= 11 is 3.33. The molecule has 1 aromatic rings. The zero-order chi connectivity index (χ0) is 10.7. The average molecular weight is 270 g/mol. The van der Waals surface area contributed by atoms with E-state index in [1.54, 1.807) is 0 Å². The second-order valence-corrected chi connectivity index (χ2v) is 4.26. The van der Waals surface area contributed by atoms with Crippen LogP contribution in [-0.2, 0) is 4.79 Å². The van der Waals surface area contributed by atoms with Crippen LogP contribution < -0.4 is 10.2 Å². The Bertz CT molecular complexity index is 369. The van der Waals surface area contributed by atoms with Gasteiger partial charge >= 0.3 is 0 Å². The molecule has 0 spiro atoms. The van der Waals surface area contributed by atoms with Crippen LogP contribution in [0.15, 0.2) is 22.8 Å². The number of anilines is 1. The zero-order valence-electron chi connectivity index (χ0n) is 8.24. The van der Waals surface area contributed by atoms with Crippen LogP contribution in [0.1, 0.15) is 6.42 Å². The fourth-order valence-corrected chi connectivity index (χ4v) is 1.91. The predicted octanol–water partition coefficient (Wildman–Crippen LogP) is 1.17. The molecule has 0 bridgehead atoms. The number of rotatable bonds is 1. The number of hydrogen-bond acceptors (Lipinski definition) is 3. The van der Waals surface area contributed by atoms with E-state index in [4.69, 9.17) is 0 Å². The smallest absolute Gasteiger partial charge is 0.239 e. The number of hydrogen-bond donors (Lipinski definition) is 1. The van der Waals surface area contributed by atoms with Crippen LogP contribution >= 0.6 is 15.9 Å². The summed E-state index contributed by atoms with van der Waals surface area (Å²) in [5.74, 6) is 0.913. The second-order valence-electron chi connectivity index (χ2n) is 3.44. The summed E-state index contributed by atoms with van der Waals surface area (Å²) in [6.07, 6.45) is 0.958. The number of carbonyl (C=O) groups is 1. The van der Waals surface area contributed by atoms with Crippen molar-refractivity contribution in [1.82, 2.24) is 10.3 Å². The molecule has 5 heteroatoms. The number of carbonyl (C=O) groups excluding carboxylic acids is 1. The molecule has 0 radical (unpaired) electrons. The second kappa shape index (κ2) is 4.61. The van der Waals surface area contributed by atoms with E-state index >= 15 is 0 Å². The average Bonchev–Trinajstić information content (AvgIpc) is 2.43. The van der Waals surface area contributed by atoms with Crippen LogP contribution in [0, 0.1) is 0 Å². The van der Waals surface area contributed by atoms with Gasteiger partial charge in [-0.15, -0.1) is 0 Å². The number of amides is 1. The molecule has 1 aliphatic rings. The van der Waals surface area contributed by atoms with E-state index in [0.29, 0.717) is 6.54 Å². The monoisotopic (exact) mass is 269 g/mol. The first kappa shape index (κ1) is 10.4. The fraction of sp³-hybridized carbons (Fsp3) is 0.400. The van der Waals surface area contributed by atoms with Crippen molar-refractivity contribution in [1.29, 1.82) is 0 Å². The van der Waals surface area contributed by atoms with Gasteiger partial charge in [-0.3, -0.25) is 4.79 Å². The van der Waals surface area contributed by atoms with Gasteiger partial charge in [0.2, 0.25) is 5.91 Å².